The van der Waals surface area contributed by atoms with Crippen LogP contribution in [0.2, 0.25) is 5.02 Å². The Morgan fingerprint density at radius 1 is 1.19 bits per heavy atom. The number of nitrogens with zero attached hydrogens (tertiary/aromatic N) is 2. The van der Waals surface area contributed by atoms with E-state index in [1.807, 2.05) is 4.90 Å². The average Bonchev–Trinajstić information content (AvgIpc) is 3.15. The van der Waals surface area contributed by atoms with Crippen molar-refractivity contribution in [2.45, 2.75) is 19.5 Å². The highest BCUT2D eigenvalue weighted by molar-refractivity contribution is 7.07. The van der Waals surface area contributed by atoms with Crippen molar-refractivity contribution in [1.29, 1.82) is 0 Å². The van der Waals surface area contributed by atoms with Crippen LogP contribution in [0.5, 0.6) is 0 Å². The molecule has 0 radical (unpaired) electrons. The Bertz CT molecular complexity index is 758. The first-order valence-corrected chi connectivity index (χ1v) is 9.94. The molecule has 0 aliphatic carbocycles. The lowest BCUT2D eigenvalue weighted by Crippen LogP contribution is -2.53. The molecule has 1 aromatic carbocycles. The molecule has 2 amide bonds. The molecule has 1 aromatic heterocycles. The number of nitrogens with one attached hydrogen (secondary N) is 1. The fourth-order valence-corrected chi connectivity index (χ4v) is 3.90. The highest BCUT2D eigenvalue weighted by Crippen LogP contribution is 2.15. The van der Waals surface area contributed by atoms with Gasteiger partial charge in [0.05, 0.1) is 10.6 Å². The van der Waals surface area contributed by atoms with Crippen molar-refractivity contribution < 1.29 is 9.59 Å². The summed E-state index contributed by atoms with van der Waals surface area (Å²) in [7, 11) is 0. The van der Waals surface area contributed by atoms with E-state index in [0.29, 0.717) is 23.7 Å². The molecular weight excluding hydrogens is 370 g/mol. The monoisotopic (exact) mass is 391 g/mol. The second-order valence-corrected chi connectivity index (χ2v) is 7.60. The van der Waals surface area contributed by atoms with E-state index in [4.69, 9.17) is 11.6 Å². The van der Waals surface area contributed by atoms with Gasteiger partial charge < -0.3 is 10.2 Å². The Balaban J connectivity index is 1.50. The molecule has 1 fully saturated rings. The van der Waals surface area contributed by atoms with E-state index in [0.717, 1.165) is 19.6 Å². The fraction of sp³-hybridized carbons (Fsp3) is 0.368. The lowest BCUT2D eigenvalue weighted by atomic mass is 10.2. The number of benzene rings is 1. The van der Waals surface area contributed by atoms with Gasteiger partial charge in [-0.2, -0.15) is 11.3 Å². The second kappa shape index (κ2) is 8.66. The van der Waals surface area contributed by atoms with Gasteiger partial charge in [0.25, 0.3) is 5.91 Å². The molecule has 5 nitrogen and oxygen atoms in total. The summed E-state index contributed by atoms with van der Waals surface area (Å²) in [4.78, 5) is 29.1. The van der Waals surface area contributed by atoms with Gasteiger partial charge in [-0.1, -0.05) is 23.7 Å². The largest absolute Gasteiger partial charge is 0.340 e. The lowest BCUT2D eigenvalue weighted by molar-refractivity contribution is -0.134. The summed E-state index contributed by atoms with van der Waals surface area (Å²) in [5.41, 5.74) is 1.70. The van der Waals surface area contributed by atoms with Crippen molar-refractivity contribution in [2.75, 3.05) is 26.2 Å². The molecule has 1 atom stereocenters. The number of piperazine rings is 1. The summed E-state index contributed by atoms with van der Waals surface area (Å²) < 4.78 is 0. The highest BCUT2D eigenvalue weighted by atomic mass is 35.5. The summed E-state index contributed by atoms with van der Waals surface area (Å²) >= 11 is 7.75. The standard InChI is InChI=1S/C19H22ClN3O2S/c1-14(21-18(24)16-4-2-3-5-17(16)20)19(25)23-9-7-22(8-10-23)12-15-6-11-26-13-15/h2-6,11,13-14H,7-10,12H2,1H3,(H,21,24)/t14-/m0/s1. The molecule has 1 aliphatic rings. The highest BCUT2D eigenvalue weighted by Gasteiger charge is 2.26. The Morgan fingerprint density at radius 3 is 2.58 bits per heavy atom. The molecule has 0 saturated carbocycles. The third kappa shape index (κ3) is 4.63. The van der Waals surface area contributed by atoms with Crippen molar-refractivity contribution in [1.82, 2.24) is 15.1 Å². The van der Waals surface area contributed by atoms with Crippen LogP contribution in [-0.2, 0) is 11.3 Å². The maximum absolute atomic E-state index is 12.6. The van der Waals surface area contributed by atoms with E-state index in [2.05, 4.69) is 27.0 Å². The first-order valence-electron chi connectivity index (χ1n) is 8.62. The van der Waals surface area contributed by atoms with Gasteiger partial charge in [-0.05, 0) is 41.4 Å². The Kier molecular flexibility index (Phi) is 6.29. The molecule has 3 rings (SSSR count). The normalized spacial score (nSPS) is 16.3. The van der Waals surface area contributed by atoms with E-state index < -0.39 is 6.04 Å². The average molecular weight is 392 g/mol. The minimum atomic E-state index is -0.581. The molecule has 1 aliphatic heterocycles. The Labute approximate surface area is 162 Å². The van der Waals surface area contributed by atoms with Gasteiger partial charge in [0, 0.05) is 32.7 Å². The van der Waals surface area contributed by atoms with Crippen LogP contribution in [-0.4, -0.2) is 53.8 Å². The SMILES string of the molecule is C[C@H](NC(=O)c1ccccc1Cl)C(=O)N1CCN(Cc2ccsc2)CC1. The molecule has 0 spiro atoms. The molecule has 0 unspecified atom stereocenters. The van der Waals surface area contributed by atoms with Crippen molar-refractivity contribution in [3.8, 4) is 0 Å². The first kappa shape index (κ1) is 18.9. The van der Waals surface area contributed by atoms with Crippen molar-refractivity contribution in [2.24, 2.45) is 0 Å². The second-order valence-electron chi connectivity index (χ2n) is 6.41. The van der Waals surface area contributed by atoms with E-state index in [9.17, 15) is 9.59 Å². The van der Waals surface area contributed by atoms with Gasteiger partial charge in [0.2, 0.25) is 5.91 Å². The molecular formula is C19H22ClN3O2S. The van der Waals surface area contributed by atoms with Crippen LogP contribution in [0.15, 0.2) is 41.1 Å². The lowest BCUT2D eigenvalue weighted by Gasteiger charge is -2.35. The predicted molar refractivity (Wildman–Crippen MR) is 105 cm³/mol. The molecule has 7 heteroatoms. The molecule has 138 valence electrons. The Hall–Kier alpha value is -1.89. The van der Waals surface area contributed by atoms with Crippen molar-refractivity contribution >= 4 is 34.8 Å². The van der Waals surface area contributed by atoms with Crippen LogP contribution in [0.3, 0.4) is 0 Å². The van der Waals surface area contributed by atoms with Gasteiger partial charge in [0.1, 0.15) is 6.04 Å². The number of hydrogen-bond acceptors (Lipinski definition) is 4. The zero-order valence-electron chi connectivity index (χ0n) is 14.7. The van der Waals surface area contributed by atoms with E-state index in [1.165, 1.54) is 5.56 Å². The fourth-order valence-electron chi connectivity index (χ4n) is 3.02. The van der Waals surface area contributed by atoms with Gasteiger partial charge in [-0.25, -0.2) is 0 Å². The molecule has 0 bridgehead atoms. The van der Waals surface area contributed by atoms with Gasteiger partial charge in [-0.3, -0.25) is 14.5 Å². The van der Waals surface area contributed by atoms with Crippen molar-refractivity contribution in [3.05, 3.63) is 57.2 Å². The summed E-state index contributed by atoms with van der Waals surface area (Å²) in [6, 6.07) is 8.38. The van der Waals surface area contributed by atoms with E-state index in [-0.39, 0.29) is 11.8 Å². The first-order chi connectivity index (χ1) is 12.5. The van der Waals surface area contributed by atoms with Crippen molar-refractivity contribution in [3.63, 3.8) is 0 Å². The maximum Gasteiger partial charge on any atom is 0.253 e. The van der Waals surface area contributed by atoms with Gasteiger partial charge >= 0.3 is 0 Å². The van der Waals surface area contributed by atoms with Crippen LogP contribution >= 0.6 is 22.9 Å². The Morgan fingerprint density at radius 2 is 1.92 bits per heavy atom. The number of hydrogen-bond donors (Lipinski definition) is 1. The molecule has 2 heterocycles. The molecule has 26 heavy (non-hydrogen) atoms. The van der Waals surface area contributed by atoms with Crippen LogP contribution in [0.25, 0.3) is 0 Å². The minimum Gasteiger partial charge on any atom is -0.340 e. The van der Waals surface area contributed by atoms with Crippen LogP contribution in [0.1, 0.15) is 22.8 Å². The molecule has 1 N–H and O–H groups in total. The zero-order valence-corrected chi connectivity index (χ0v) is 16.2. The predicted octanol–water partition coefficient (Wildman–Crippen LogP) is 2.86. The van der Waals surface area contributed by atoms with Gasteiger partial charge in [0.15, 0.2) is 0 Å². The van der Waals surface area contributed by atoms with Crippen LogP contribution in [0, 0.1) is 0 Å². The quantitative estimate of drug-likeness (QED) is 0.852. The van der Waals surface area contributed by atoms with Crippen LogP contribution in [0.4, 0.5) is 0 Å². The minimum absolute atomic E-state index is 0.0550. The smallest absolute Gasteiger partial charge is 0.253 e. The van der Waals surface area contributed by atoms with E-state index >= 15 is 0 Å². The summed E-state index contributed by atoms with van der Waals surface area (Å²) in [6.45, 7) is 5.67. The zero-order chi connectivity index (χ0) is 18.5. The number of thiophene rings is 1. The number of amides is 2. The third-order valence-electron chi connectivity index (χ3n) is 4.51. The maximum atomic E-state index is 12.6. The molecule has 1 saturated heterocycles. The third-order valence-corrected chi connectivity index (χ3v) is 5.57. The number of carbonyl (C=O) groups is 2. The summed E-state index contributed by atoms with van der Waals surface area (Å²) in [6.07, 6.45) is 0. The number of carbonyl (C=O) groups excluding carboxylic acids is 2. The topological polar surface area (TPSA) is 52.7 Å². The van der Waals surface area contributed by atoms with E-state index in [1.54, 1.807) is 42.5 Å². The summed E-state index contributed by atoms with van der Waals surface area (Å²) in [5.74, 6) is -0.381. The summed E-state index contributed by atoms with van der Waals surface area (Å²) in [5, 5.41) is 7.37. The number of rotatable bonds is 5. The molecule has 2 aromatic rings. The van der Waals surface area contributed by atoms with Crippen LogP contribution < -0.4 is 5.32 Å². The van der Waals surface area contributed by atoms with Gasteiger partial charge in [-0.15, -0.1) is 0 Å². The number of halogens is 1.